The van der Waals surface area contributed by atoms with Gasteiger partial charge in [0.15, 0.2) is 0 Å². The number of hydrogen-bond acceptors (Lipinski definition) is 0. The van der Waals surface area contributed by atoms with Crippen LogP contribution < -0.4 is 18.9 Å². The van der Waals surface area contributed by atoms with Gasteiger partial charge in [0.05, 0.1) is 0 Å². The van der Waals surface area contributed by atoms with Crippen molar-refractivity contribution in [1.82, 2.24) is 0 Å². The minimum absolute atomic E-state index is 0. The van der Waals surface area contributed by atoms with E-state index in [2.05, 4.69) is 0 Å². The summed E-state index contributed by atoms with van der Waals surface area (Å²) < 4.78 is 0. The summed E-state index contributed by atoms with van der Waals surface area (Å²) in [5.41, 5.74) is 0. The van der Waals surface area contributed by atoms with Crippen molar-refractivity contribution in [3.63, 3.8) is 0 Å². The molecule has 0 aromatic carbocycles. The van der Waals surface area contributed by atoms with Crippen LogP contribution in [0.1, 0.15) is 0 Å². The van der Waals surface area contributed by atoms with Crippen LogP contribution in [0.2, 0.25) is 0 Å². The topological polar surface area (TPSA) is 0 Å². The van der Waals surface area contributed by atoms with Gasteiger partial charge in [-0.3, -0.25) is 0 Å². The van der Waals surface area contributed by atoms with Gasteiger partial charge in [0, 0.05) is 0 Å². The van der Waals surface area contributed by atoms with Crippen molar-refractivity contribution < 1.29 is 18.9 Å². The third kappa shape index (κ3) is 8.93. The number of rotatable bonds is 0. The van der Waals surface area contributed by atoms with E-state index in [1.807, 2.05) is 0 Å². The van der Waals surface area contributed by atoms with Crippen molar-refractivity contribution in [1.29, 1.82) is 0 Å². The van der Waals surface area contributed by atoms with Crippen molar-refractivity contribution in [2.24, 2.45) is 0 Å². The average Bonchev–Trinajstić information content (AvgIpc) is 0. The Bertz CT molecular complexity index is 6.00. The Morgan fingerprint density at radius 2 is 0.750 bits per heavy atom. The van der Waals surface area contributed by atoms with Crippen LogP contribution in [0, 0.1) is 0 Å². The van der Waals surface area contributed by atoms with E-state index in [4.69, 9.17) is 0 Å². The molecule has 0 spiro atoms. The molecule has 0 N–H and O–H groups in total. The molecule has 0 saturated carbocycles. The van der Waals surface area contributed by atoms with E-state index in [1.54, 1.807) is 0 Å². The van der Waals surface area contributed by atoms with Crippen LogP contribution in [-0.4, -0.2) is 24.4 Å². The van der Waals surface area contributed by atoms with E-state index in [0.717, 1.165) is 0 Å². The van der Waals surface area contributed by atoms with Crippen molar-refractivity contribution in [2.45, 2.75) is 0 Å². The Kier molecular flexibility index (Phi) is 173. The normalized spacial score (nSPS) is 0. The molecule has 0 rings (SSSR count). The van der Waals surface area contributed by atoms with Crippen LogP contribution in [0.25, 0.3) is 0 Å². The Hall–Kier alpha value is 2.12. The van der Waals surface area contributed by atoms with Gasteiger partial charge in [-0.05, 0) is 0 Å². The standard InChI is InChI=1S/Li.2S.Sb/q+1;2*-2;+3. The summed E-state index contributed by atoms with van der Waals surface area (Å²) in [6, 6.07) is 0. The fourth-order valence-electron chi connectivity index (χ4n) is 0. The first-order valence-electron chi connectivity index (χ1n) is 0. The molecule has 0 heterocycles. The second kappa shape index (κ2) is 19.4. The van der Waals surface area contributed by atoms with Gasteiger partial charge in [0.2, 0.25) is 0 Å². The molecule has 18 valence electrons. The molecule has 0 atom stereocenters. The molecule has 0 aliphatic heterocycles. The van der Waals surface area contributed by atoms with E-state index in [0.29, 0.717) is 0 Å². The predicted molar refractivity (Wildman–Crippen MR) is 20.5 cm³/mol. The molecule has 4 heteroatoms. The monoisotopic (exact) mass is 192 g/mol. The van der Waals surface area contributed by atoms with Crippen LogP contribution in [0.5, 0.6) is 0 Å². The second-order valence-corrected chi connectivity index (χ2v) is 0. The summed E-state index contributed by atoms with van der Waals surface area (Å²) in [6.45, 7) is 0. The zero-order valence-corrected chi connectivity index (χ0v) is 6.45. The molecule has 0 nitrogen and oxygen atoms in total. The fraction of sp³-hybridized carbons (Fsp3) is 0. The molecular formula is LiS2Sb. The van der Waals surface area contributed by atoms with Crippen molar-refractivity contribution >= 4 is 51.4 Å². The van der Waals surface area contributed by atoms with Crippen LogP contribution >= 0.6 is 0 Å². The predicted octanol–water partition coefficient (Wildman–Crippen LogP) is -3.38. The Labute approximate surface area is 69.6 Å². The SMILES string of the molecule is [Li+].[S-2].[S-2].[Sb+3]. The summed E-state index contributed by atoms with van der Waals surface area (Å²) in [6.07, 6.45) is 0. The summed E-state index contributed by atoms with van der Waals surface area (Å²) in [5.74, 6) is 0. The second-order valence-electron chi connectivity index (χ2n) is 0. The van der Waals surface area contributed by atoms with Crippen molar-refractivity contribution in [2.75, 3.05) is 0 Å². The molecule has 0 bridgehead atoms. The van der Waals surface area contributed by atoms with E-state index < -0.39 is 0 Å². The summed E-state index contributed by atoms with van der Waals surface area (Å²) >= 11 is 0. The minimum atomic E-state index is 0. The van der Waals surface area contributed by atoms with Crippen LogP contribution in [-0.2, 0) is 27.0 Å². The van der Waals surface area contributed by atoms with E-state index in [9.17, 15) is 0 Å². The minimum Gasteiger partial charge on any atom is -2.00 e. The van der Waals surface area contributed by atoms with Gasteiger partial charge in [0.25, 0.3) is 0 Å². The quantitative estimate of drug-likeness (QED) is 0.352. The molecule has 0 aromatic heterocycles. The molecule has 0 fully saturated rings. The molecule has 2 radical (unpaired) electrons. The van der Waals surface area contributed by atoms with Crippen molar-refractivity contribution in [3.8, 4) is 0 Å². The van der Waals surface area contributed by atoms with E-state index in [1.165, 1.54) is 0 Å². The van der Waals surface area contributed by atoms with Crippen LogP contribution in [0.15, 0.2) is 0 Å². The van der Waals surface area contributed by atoms with Gasteiger partial charge < -0.3 is 27.0 Å². The first-order valence-corrected chi connectivity index (χ1v) is 0. The van der Waals surface area contributed by atoms with Crippen molar-refractivity contribution in [3.05, 3.63) is 0 Å². The van der Waals surface area contributed by atoms with Crippen LogP contribution in [0.4, 0.5) is 0 Å². The van der Waals surface area contributed by atoms with Gasteiger partial charge in [-0.1, -0.05) is 0 Å². The summed E-state index contributed by atoms with van der Waals surface area (Å²) in [5, 5.41) is 0. The third-order valence-corrected chi connectivity index (χ3v) is 0. The zero-order valence-electron chi connectivity index (χ0n) is 2.26. The molecule has 0 saturated heterocycles. The molecule has 0 aromatic rings. The maximum Gasteiger partial charge on any atom is 3.00 e. The molecular weight excluding hydrogens is 193 g/mol. The zero-order chi connectivity index (χ0) is 0. The summed E-state index contributed by atoms with van der Waals surface area (Å²) in [4.78, 5) is 0. The van der Waals surface area contributed by atoms with Gasteiger partial charge in [-0.2, -0.15) is 0 Å². The van der Waals surface area contributed by atoms with Gasteiger partial charge >= 0.3 is 43.3 Å². The Balaban J connectivity index is 0. The van der Waals surface area contributed by atoms with Gasteiger partial charge in [0.1, 0.15) is 0 Å². The molecule has 0 aliphatic rings. The Morgan fingerprint density at radius 1 is 0.750 bits per heavy atom. The van der Waals surface area contributed by atoms with E-state index in [-0.39, 0.29) is 70.3 Å². The largest absolute Gasteiger partial charge is 3.00 e. The summed E-state index contributed by atoms with van der Waals surface area (Å²) in [7, 11) is 0. The molecule has 0 unspecified atom stereocenters. The van der Waals surface area contributed by atoms with Gasteiger partial charge in [-0.15, -0.1) is 0 Å². The average molecular weight is 193 g/mol. The smallest absolute Gasteiger partial charge is 2.00 e. The Morgan fingerprint density at radius 3 is 0.750 bits per heavy atom. The molecule has 0 amide bonds. The van der Waals surface area contributed by atoms with Gasteiger partial charge in [-0.25, -0.2) is 0 Å². The first kappa shape index (κ1) is 35.8. The first-order chi connectivity index (χ1) is 0. The van der Waals surface area contributed by atoms with Crippen LogP contribution in [0.3, 0.4) is 0 Å². The maximum atomic E-state index is 0. The van der Waals surface area contributed by atoms with E-state index >= 15 is 0 Å². The fourth-order valence-corrected chi connectivity index (χ4v) is 0. The maximum absolute atomic E-state index is 0. The number of hydrogen-bond donors (Lipinski definition) is 0. The molecule has 4 heavy (non-hydrogen) atoms. The third-order valence-electron chi connectivity index (χ3n) is 0. The molecule has 0 aliphatic carbocycles.